The molecule has 1 unspecified atom stereocenters. The van der Waals surface area contributed by atoms with Crippen molar-refractivity contribution in [2.45, 2.75) is 62.6 Å². The summed E-state index contributed by atoms with van der Waals surface area (Å²) in [7, 11) is -2.52. The van der Waals surface area contributed by atoms with Gasteiger partial charge >= 0.3 is 0 Å². The standard InChI is InChI=1S/C31H36IN3O5S/c1-23(31(37)33-26-11-5-3-6-12-26)34(21-24-10-9-13-28(20-24)40-2)30(36)22-35(27-18-16-25(32)17-19-27)41(38,39)29-14-7-4-8-15-29/h4,7-10,13-20,23,26H,3,5-6,11-12,21-22H2,1-2H3,(H,33,37). The maximum Gasteiger partial charge on any atom is 0.264 e. The number of benzene rings is 3. The molecule has 0 radical (unpaired) electrons. The van der Waals surface area contributed by atoms with Gasteiger partial charge in [0, 0.05) is 16.2 Å². The minimum Gasteiger partial charge on any atom is -0.497 e. The van der Waals surface area contributed by atoms with Gasteiger partial charge in [0.05, 0.1) is 17.7 Å². The second-order valence-electron chi connectivity index (χ2n) is 10.2. The molecule has 3 aromatic carbocycles. The van der Waals surface area contributed by atoms with E-state index in [0.29, 0.717) is 11.4 Å². The van der Waals surface area contributed by atoms with E-state index in [-0.39, 0.29) is 23.4 Å². The van der Waals surface area contributed by atoms with Crippen LogP contribution in [-0.4, -0.2) is 50.9 Å². The Hall–Kier alpha value is -3.12. The Labute approximate surface area is 256 Å². The third-order valence-corrected chi connectivity index (χ3v) is 9.84. The van der Waals surface area contributed by atoms with Gasteiger partial charge in [-0.05, 0) is 96.5 Å². The van der Waals surface area contributed by atoms with E-state index in [1.165, 1.54) is 17.0 Å². The number of ether oxygens (including phenoxy) is 1. The minimum absolute atomic E-state index is 0.0776. The summed E-state index contributed by atoms with van der Waals surface area (Å²) >= 11 is 2.15. The highest BCUT2D eigenvalue weighted by Gasteiger charge is 2.33. The molecule has 1 aliphatic rings. The molecule has 0 bridgehead atoms. The Morgan fingerprint density at radius 1 is 0.976 bits per heavy atom. The van der Waals surface area contributed by atoms with Gasteiger partial charge in [0.15, 0.2) is 0 Å². The molecule has 0 heterocycles. The summed E-state index contributed by atoms with van der Waals surface area (Å²) in [6.07, 6.45) is 5.12. The molecule has 0 spiro atoms. The van der Waals surface area contributed by atoms with Crippen molar-refractivity contribution in [3.63, 3.8) is 0 Å². The van der Waals surface area contributed by atoms with Gasteiger partial charge in [0.2, 0.25) is 11.8 Å². The molecule has 218 valence electrons. The summed E-state index contributed by atoms with van der Waals surface area (Å²) in [5, 5.41) is 3.12. The Kier molecular flexibility index (Phi) is 10.7. The van der Waals surface area contributed by atoms with Crippen molar-refractivity contribution in [2.24, 2.45) is 0 Å². The Morgan fingerprint density at radius 3 is 2.32 bits per heavy atom. The predicted molar refractivity (Wildman–Crippen MR) is 168 cm³/mol. The topological polar surface area (TPSA) is 96.0 Å². The van der Waals surface area contributed by atoms with E-state index in [9.17, 15) is 18.0 Å². The first kappa shape index (κ1) is 30.8. The Balaban J connectivity index is 1.67. The van der Waals surface area contributed by atoms with Crippen molar-refractivity contribution in [1.82, 2.24) is 10.2 Å². The summed E-state index contributed by atoms with van der Waals surface area (Å²) in [5.41, 5.74) is 1.13. The highest BCUT2D eigenvalue weighted by Crippen LogP contribution is 2.26. The summed E-state index contributed by atoms with van der Waals surface area (Å²) in [4.78, 5) is 29.0. The molecule has 1 saturated carbocycles. The SMILES string of the molecule is COc1cccc(CN(C(=O)CN(c2ccc(I)cc2)S(=O)(=O)c2ccccc2)C(C)C(=O)NC2CCCCC2)c1. The van der Waals surface area contributed by atoms with E-state index in [1.807, 2.05) is 18.2 Å². The number of methoxy groups -OCH3 is 1. The van der Waals surface area contributed by atoms with Gasteiger partial charge in [0.25, 0.3) is 10.0 Å². The van der Waals surface area contributed by atoms with Crippen LogP contribution in [0.2, 0.25) is 0 Å². The molecule has 1 N–H and O–H groups in total. The maximum atomic E-state index is 14.1. The van der Waals surface area contributed by atoms with Crippen LogP contribution in [0.4, 0.5) is 5.69 Å². The van der Waals surface area contributed by atoms with Gasteiger partial charge < -0.3 is 15.0 Å². The summed E-state index contributed by atoms with van der Waals surface area (Å²) in [6.45, 7) is 1.33. The molecule has 0 saturated heterocycles. The monoisotopic (exact) mass is 689 g/mol. The van der Waals surface area contributed by atoms with Crippen molar-refractivity contribution < 1.29 is 22.7 Å². The van der Waals surface area contributed by atoms with E-state index < -0.39 is 28.5 Å². The predicted octanol–water partition coefficient (Wildman–Crippen LogP) is 5.36. The molecule has 8 nitrogen and oxygen atoms in total. The highest BCUT2D eigenvalue weighted by molar-refractivity contribution is 14.1. The third kappa shape index (κ3) is 8.00. The first-order chi connectivity index (χ1) is 19.7. The van der Waals surface area contributed by atoms with Gasteiger partial charge in [0.1, 0.15) is 18.3 Å². The molecule has 2 amide bonds. The second kappa shape index (κ2) is 14.2. The third-order valence-electron chi connectivity index (χ3n) is 7.33. The molecular weight excluding hydrogens is 653 g/mol. The lowest BCUT2D eigenvalue weighted by molar-refractivity contribution is -0.139. The molecule has 3 aromatic rings. The number of sulfonamides is 1. The van der Waals surface area contributed by atoms with Crippen molar-refractivity contribution in [3.8, 4) is 5.75 Å². The van der Waals surface area contributed by atoms with Gasteiger partial charge in [-0.2, -0.15) is 0 Å². The lowest BCUT2D eigenvalue weighted by Crippen LogP contribution is -2.53. The van der Waals surface area contributed by atoms with Crippen LogP contribution in [-0.2, 0) is 26.2 Å². The molecule has 4 rings (SSSR count). The number of nitrogens with zero attached hydrogens (tertiary/aromatic N) is 2. The van der Waals surface area contributed by atoms with Crippen LogP contribution in [0.3, 0.4) is 0 Å². The molecular formula is C31H36IN3O5S. The number of hydrogen-bond donors (Lipinski definition) is 1. The number of anilines is 1. The number of hydrogen-bond acceptors (Lipinski definition) is 5. The van der Waals surface area contributed by atoms with E-state index in [4.69, 9.17) is 4.74 Å². The molecule has 0 aliphatic heterocycles. The van der Waals surface area contributed by atoms with Crippen LogP contribution in [0.5, 0.6) is 5.75 Å². The normalized spacial score (nSPS) is 14.6. The van der Waals surface area contributed by atoms with Crippen LogP contribution >= 0.6 is 22.6 Å². The van der Waals surface area contributed by atoms with Crippen LogP contribution < -0.4 is 14.4 Å². The van der Waals surface area contributed by atoms with Crippen molar-refractivity contribution in [2.75, 3.05) is 18.0 Å². The molecule has 1 atom stereocenters. The van der Waals surface area contributed by atoms with Crippen LogP contribution in [0.25, 0.3) is 0 Å². The van der Waals surface area contributed by atoms with Gasteiger partial charge in [-0.3, -0.25) is 13.9 Å². The first-order valence-corrected chi connectivity index (χ1v) is 16.3. The van der Waals surface area contributed by atoms with Crippen LogP contribution in [0.1, 0.15) is 44.6 Å². The smallest absolute Gasteiger partial charge is 0.264 e. The van der Waals surface area contributed by atoms with Gasteiger partial charge in [-0.1, -0.05) is 49.6 Å². The summed E-state index contributed by atoms with van der Waals surface area (Å²) in [6, 6.07) is 21.5. The Morgan fingerprint density at radius 2 is 1.66 bits per heavy atom. The second-order valence-corrected chi connectivity index (χ2v) is 13.3. The summed E-state index contributed by atoms with van der Waals surface area (Å²) in [5.74, 6) is -0.113. The van der Waals surface area contributed by atoms with E-state index in [1.54, 1.807) is 62.6 Å². The highest BCUT2D eigenvalue weighted by atomic mass is 127. The van der Waals surface area contributed by atoms with E-state index >= 15 is 0 Å². The zero-order valence-electron chi connectivity index (χ0n) is 23.3. The van der Waals surface area contributed by atoms with Gasteiger partial charge in [-0.25, -0.2) is 8.42 Å². The molecule has 41 heavy (non-hydrogen) atoms. The summed E-state index contributed by atoms with van der Waals surface area (Å²) < 4.78 is 35.1. The molecule has 0 aromatic heterocycles. The number of carbonyl (C=O) groups is 2. The number of carbonyl (C=O) groups excluding carboxylic acids is 2. The van der Waals surface area contributed by atoms with Crippen LogP contribution in [0.15, 0.2) is 83.8 Å². The number of halogens is 1. The number of rotatable bonds is 11. The van der Waals surface area contributed by atoms with Crippen molar-refractivity contribution in [3.05, 3.63) is 88.0 Å². The zero-order valence-corrected chi connectivity index (χ0v) is 26.3. The first-order valence-electron chi connectivity index (χ1n) is 13.7. The molecule has 1 aliphatic carbocycles. The van der Waals surface area contributed by atoms with Crippen LogP contribution in [0, 0.1) is 3.57 Å². The molecule has 10 heteroatoms. The minimum atomic E-state index is -4.08. The van der Waals surface area contributed by atoms with Crippen molar-refractivity contribution >= 4 is 50.1 Å². The fourth-order valence-electron chi connectivity index (χ4n) is 4.97. The quantitative estimate of drug-likeness (QED) is 0.274. The zero-order chi connectivity index (χ0) is 29.4. The number of nitrogens with one attached hydrogen (secondary N) is 1. The molecule has 1 fully saturated rings. The lowest BCUT2D eigenvalue weighted by atomic mass is 9.95. The average Bonchev–Trinajstić information content (AvgIpc) is 2.99. The lowest BCUT2D eigenvalue weighted by Gasteiger charge is -2.33. The van der Waals surface area contributed by atoms with Crippen molar-refractivity contribution in [1.29, 1.82) is 0 Å². The fourth-order valence-corrected chi connectivity index (χ4v) is 6.77. The maximum absolute atomic E-state index is 14.1. The van der Waals surface area contributed by atoms with E-state index in [2.05, 4.69) is 27.9 Å². The fraction of sp³-hybridized carbons (Fsp3) is 0.355. The van der Waals surface area contributed by atoms with Gasteiger partial charge in [-0.15, -0.1) is 0 Å². The Bertz CT molecular complexity index is 1430. The largest absolute Gasteiger partial charge is 0.497 e. The van der Waals surface area contributed by atoms with E-state index in [0.717, 1.165) is 45.5 Å². The number of amides is 2. The average molecular weight is 690 g/mol.